The van der Waals surface area contributed by atoms with Crippen molar-refractivity contribution in [2.45, 2.75) is 25.2 Å². The van der Waals surface area contributed by atoms with Crippen LogP contribution in [0.3, 0.4) is 0 Å². The standard InChI is InChI=1S/C15H20N2O6S/c1-10-6-11(2)9-16(8-10)24(21,22)14-5-4-12(15(18)23-3)7-13(14)17(19)20/h4-5,7,10-11H,6,8-9H2,1-3H3/t10-,11-/m1/s1. The topological polar surface area (TPSA) is 107 Å². The fourth-order valence-electron chi connectivity index (χ4n) is 3.06. The summed E-state index contributed by atoms with van der Waals surface area (Å²) in [6.45, 7) is 4.55. The van der Waals surface area contributed by atoms with Gasteiger partial charge < -0.3 is 4.74 Å². The number of esters is 1. The van der Waals surface area contributed by atoms with E-state index in [1.165, 1.54) is 10.4 Å². The van der Waals surface area contributed by atoms with Crippen LogP contribution in [-0.2, 0) is 14.8 Å². The van der Waals surface area contributed by atoms with Crippen molar-refractivity contribution < 1.29 is 22.9 Å². The smallest absolute Gasteiger partial charge is 0.338 e. The maximum Gasteiger partial charge on any atom is 0.338 e. The highest BCUT2D eigenvalue weighted by molar-refractivity contribution is 7.89. The number of sulfonamides is 1. The highest BCUT2D eigenvalue weighted by atomic mass is 32.2. The van der Waals surface area contributed by atoms with Gasteiger partial charge in [0.1, 0.15) is 0 Å². The number of methoxy groups -OCH3 is 1. The van der Waals surface area contributed by atoms with Gasteiger partial charge in [0.15, 0.2) is 4.90 Å². The van der Waals surface area contributed by atoms with E-state index < -0.39 is 31.5 Å². The lowest BCUT2D eigenvalue weighted by Crippen LogP contribution is -2.42. The molecule has 1 fully saturated rings. The molecule has 9 heteroatoms. The summed E-state index contributed by atoms with van der Waals surface area (Å²) >= 11 is 0. The summed E-state index contributed by atoms with van der Waals surface area (Å²) in [6, 6.07) is 3.27. The average Bonchev–Trinajstić information content (AvgIpc) is 2.52. The third-order valence-electron chi connectivity index (χ3n) is 4.03. The molecule has 1 aromatic carbocycles. The molecule has 1 heterocycles. The van der Waals surface area contributed by atoms with Crippen LogP contribution < -0.4 is 0 Å². The van der Waals surface area contributed by atoms with Crippen LogP contribution >= 0.6 is 0 Å². The van der Waals surface area contributed by atoms with Gasteiger partial charge in [-0.2, -0.15) is 4.31 Å². The van der Waals surface area contributed by atoms with Gasteiger partial charge in [-0.3, -0.25) is 10.1 Å². The Kier molecular flexibility index (Phi) is 5.24. The summed E-state index contributed by atoms with van der Waals surface area (Å²) < 4.78 is 31.5. The molecule has 1 aromatic rings. The summed E-state index contributed by atoms with van der Waals surface area (Å²) in [5.41, 5.74) is -0.688. The van der Waals surface area contributed by atoms with E-state index in [9.17, 15) is 23.3 Å². The zero-order chi connectivity index (χ0) is 18.1. The number of piperidine rings is 1. The first kappa shape index (κ1) is 18.3. The number of ether oxygens (including phenoxy) is 1. The lowest BCUT2D eigenvalue weighted by atomic mass is 9.94. The number of carbonyl (C=O) groups excluding carboxylic acids is 1. The number of hydrogen-bond donors (Lipinski definition) is 0. The quantitative estimate of drug-likeness (QED) is 0.464. The molecule has 0 saturated carbocycles. The van der Waals surface area contributed by atoms with Crippen molar-refractivity contribution in [3.8, 4) is 0 Å². The van der Waals surface area contributed by atoms with Crippen molar-refractivity contribution in [1.29, 1.82) is 0 Å². The predicted molar refractivity (Wildman–Crippen MR) is 86.1 cm³/mol. The molecular weight excluding hydrogens is 336 g/mol. The van der Waals surface area contributed by atoms with Gasteiger partial charge in [-0.05, 0) is 30.4 Å². The van der Waals surface area contributed by atoms with Crippen molar-refractivity contribution >= 4 is 21.7 Å². The summed E-state index contributed by atoms with van der Waals surface area (Å²) in [6.07, 6.45) is 0.912. The van der Waals surface area contributed by atoms with Gasteiger partial charge in [0, 0.05) is 19.2 Å². The molecule has 1 aliphatic heterocycles. The maximum atomic E-state index is 12.9. The van der Waals surface area contributed by atoms with Crippen LogP contribution in [0.4, 0.5) is 5.69 Å². The summed E-state index contributed by atoms with van der Waals surface area (Å²) in [7, 11) is -2.87. The van der Waals surface area contributed by atoms with E-state index in [1.54, 1.807) is 0 Å². The SMILES string of the molecule is COC(=O)c1ccc(S(=O)(=O)N2C[C@H](C)C[C@@H](C)C2)c([N+](=O)[O-])c1. The van der Waals surface area contributed by atoms with Gasteiger partial charge in [0.2, 0.25) is 10.0 Å². The first-order valence-corrected chi connectivity index (χ1v) is 8.97. The van der Waals surface area contributed by atoms with Gasteiger partial charge in [-0.1, -0.05) is 13.8 Å². The predicted octanol–water partition coefficient (Wildman–Crippen LogP) is 2.05. The molecule has 0 aliphatic carbocycles. The van der Waals surface area contributed by atoms with Crippen molar-refractivity contribution in [1.82, 2.24) is 4.31 Å². The van der Waals surface area contributed by atoms with E-state index >= 15 is 0 Å². The molecule has 2 atom stereocenters. The number of hydrogen-bond acceptors (Lipinski definition) is 6. The van der Waals surface area contributed by atoms with Crippen LogP contribution in [0.2, 0.25) is 0 Å². The fraction of sp³-hybridized carbons (Fsp3) is 0.533. The number of nitro benzene ring substituents is 1. The molecule has 132 valence electrons. The molecule has 0 unspecified atom stereocenters. The second kappa shape index (κ2) is 6.86. The van der Waals surface area contributed by atoms with Crippen LogP contribution in [0.1, 0.15) is 30.6 Å². The molecule has 1 saturated heterocycles. The number of nitrogens with zero attached hydrogens (tertiary/aromatic N) is 2. The first-order valence-electron chi connectivity index (χ1n) is 7.53. The summed E-state index contributed by atoms with van der Waals surface area (Å²) in [4.78, 5) is 21.6. The minimum absolute atomic E-state index is 0.0662. The zero-order valence-corrected chi connectivity index (χ0v) is 14.6. The lowest BCUT2D eigenvalue weighted by molar-refractivity contribution is -0.387. The highest BCUT2D eigenvalue weighted by Gasteiger charge is 2.36. The second-order valence-corrected chi connectivity index (χ2v) is 8.11. The second-order valence-electron chi connectivity index (χ2n) is 6.20. The molecule has 0 aromatic heterocycles. The minimum atomic E-state index is -4.01. The first-order chi connectivity index (χ1) is 11.2. The highest BCUT2D eigenvalue weighted by Crippen LogP contribution is 2.32. The Balaban J connectivity index is 2.49. The number of nitro groups is 1. The fourth-order valence-corrected chi connectivity index (χ4v) is 4.88. The Labute approximate surface area is 140 Å². The Bertz CT molecular complexity index is 751. The Morgan fingerprint density at radius 2 is 1.88 bits per heavy atom. The van der Waals surface area contributed by atoms with Crippen molar-refractivity contribution in [3.63, 3.8) is 0 Å². The van der Waals surface area contributed by atoms with Gasteiger partial charge >= 0.3 is 5.97 Å². The van der Waals surface area contributed by atoms with Crippen molar-refractivity contribution in [2.24, 2.45) is 11.8 Å². The Hall–Kier alpha value is -2.00. The molecular formula is C15H20N2O6S. The Morgan fingerprint density at radius 1 is 1.29 bits per heavy atom. The third kappa shape index (κ3) is 3.57. The molecule has 8 nitrogen and oxygen atoms in total. The molecule has 24 heavy (non-hydrogen) atoms. The third-order valence-corrected chi connectivity index (χ3v) is 5.91. The van der Waals surface area contributed by atoms with E-state index in [-0.39, 0.29) is 17.4 Å². The largest absolute Gasteiger partial charge is 0.465 e. The van der Waals surface area contributed by atoms with Crippen LogP contribution in [-0.4, -0.2) is 43.8 Å². The van der Waals surface area contributed by atoms with Crippen molar-refractivity contribution in [3.05, 3.63) is 33.9 Å². The van der Waals surface area contributed by atoms with E-state index in [1.807, 2.05) is 13.8 Å². The normalized spacial score (nSPS) is 22.1. The average molecular weight is 356 g/mol. The number of carbonyl (C=O) groups is 1. The number of benzene rings is 1. The molecule has 2 rings (SSSR count). The van der Waals surface area contributed by atoms with Crippen LogP contribution in [0.25, 0.3) is 0 Å². The molecule has 0 radical (unpaired) electrons. The maximum absolute atomic E-state index is 12.9. The summed E-state index contributed by atoms with van der Waals surface area (Å²) in [5, 5.41) is 11.3. The lowest BCUT2D eigenvalue weighted by Gasteiger charge is -2.33. The molecule has 0 bridgehead atoms. The van der Waals surface area contributed by atoms with Crippen molar-refractivity contribution in [2.75, 3.05) is 20.2 Å². The van der Waals surface area contributed by atoms with Crippen LogP contribution in [0.5, 0.6) is 0 Å². The molecule has 1 aliphatic rings. The van der Waals surface area contributed by atoms with Gasteiger partial charge in [-0.15, -0.1) is 0 Å². The van der Waals surface area contributed by atoms with E-state index in [2.05, 4.69) is 4.74 Å². The van der Waals surface area contributed by atoms with Gasteiger partial charge in [0.25, 0.3) is 5.69 Å². The molecule has 0 amide bonds. The minimum Gasteiger partial charge on any atom is -0.465 e. The van der Waals surface area contributed by atoms with Gasteiger partial charge in [0.05, 0.1) is 17.6 Å². The van der Waals surface area contributed by atoms with Gasteiger partial charge in [-0.25, -0.2) is 13.2 Å². The van der Waals surface area contributed by atoms with E-state index in [0.29, 0.717) is 13.1 Å². The van der Waals surface area contributed by atoms with Crippen LogP contribution in [0.15, 0.2) is 23.1 Å². The van der Waals surface area contributed by atoms with E-state index in [0.717, 1.165) is 25.7 Å². The number of rotatable bonds is 4. The molecule has 0 N–H and O–H groups in total. The van der Waals surface area contributed by atoms with E-state index in [4.69, 9.17) is 0 Å². The monoisotopic (exact) mass is 356 g/mol. The molecule has 0 spiro atoms. The zero-order valence-electron chi connectivity index (χ0n) is 13.8. The van der Waals surface area contributed by atoms with Crippen LogP contribution in [0, 0.1) is 22.0 Å². The summed E-state index contributed by atoms with van der Waals surface area (Å²) in [5.74, 6) is -0.406. The Morgan fingerprint density at radius 3 is 2.38 bits per heavy atom.